The Morgan fingerprint density at radius 2 is 0.663 bits per heavy atom. The van der Waals surface area contributed by atoms with Gasteiger partial charge in [0.2, 0.25) is 5.91 Å². The minimum atomic E-state index is -4.37. The van der Waals surface area contributed by atoms with Gasteiger partial charge in [-0.05, 0) is 96.3 Å². The number of nitrogens with zero attached hydrogens (tertiary/aromatic N) is 1. The highest BCUT2D eigenvalue weighted by atomic mass is 31.2. The molecule has 0 fully saturated rings. The number of quaternary nitrogens is 1. The average molecular weight is 1310 g/mol. The fraction of sp³-hybridized carbons (Fsp3) is 0.771. The van der Waals surface area contributed by atoms with Crippen molar-refractivity contribution < 1.29 is 32.9 Å². The molecule has 0 rings (SSSR count). The van der Waals surface area contributed by atoms with E-state index in [0.717, 1.165) is 83.5 Å². The fourth-order valence-electron chi connectivity index (χ4n) is 11.4. The number of carbonyl (C=O) groups excluding carboxylic acids is 1. The van der Waals surface area contributed by atoms with Crippen LogP contribution in [0.5, 0.6) is 0 Å². The second kappa shape index (κ2) is 72.4. The summed E-state index contributed by atoms with van der Waals surface area (Å²) in [5.74, 6) is -0.187. The molecule has 0 aromatic rings. The first-order valence-corrected chi connectivity index (χ1v) is 40.8. The molecule has 0 saturated heterocycles. The Hall–Kier alpha value is -2.84. The predicted molar refractivity (Wildman–Crippen MR) is 405 cm³/mol. The molecule has 0 aromatic heterocycles. The van der Waals surface area contributed by atoms with Crippen LogP contribution in [0.3, 0.4) is 0 Å². The Morgan fingerprint density at radius 3 is 1.00 bits per heavy atom. The molecule has 0 radical (unpaired) electrons. The van der Waals surface area contributed by atoms with Gasteiger partial charge in [-0.2, -0.15) is 0 Å². The fourth-order valence-corrected chi connectivity index (χ4v) is 12.2. The first kappa shape index (κ1) is 89.2. The summed E-state index contributed by atoms with van der Waals surface area (Å²) in [6, 6.07) is -0.875. The third-order valence-electron chi connectivity index (χ3n) is 17.5. The van der Waals surface area contributed by atoms with Gasteiger partial charge in [0.25, 0.3) is 0 Å². The zero-order chi connectivity index (χ0) is 66.9. The monoisotopic (exact) mass is 1300 g/mol. The zero-order valence-electron chi connectivity index (χ0n) is 61.3. The number of hydrogen-bond acceptors (Lipinski definition) is 5. The van der Waals surface area contributed by atoms with E-state index >= 15 is 0 Å². The van der Waals surface area contributed by atoms with E-state index in [1.807, 2.05) is 27.2 Å². The van der Waals surface area contributed by atoms with Crippen molar-refractivity contribution in [1.82, 2.24) is 5.32 Å². The Morgan fingerprint density at radius 1 is 0.380 bits per heavy atom. The number of aliphatic hydroxyl groups excluding tert-OH is 1. The number of phosphoric acid groups is 1. The second-order valence-electron chi connectivity index (χ2n) is 27.7. The van der Waals surface area contributed by atoms with Crippen LogP contribution in [-0.4, -0.2) is 73.4 Å². The quantitative estimate of drug-likeness (QED) is 0.0243. The van der Waals surface area contributed by atoms with Crippen molar-refractivity contribution in [3.8, 4) is 0 Å². The van der Waals surface area contributed by atoms with E-state index in [1.165, 1.54) is 257 Å². The lowest BCUT2D eigenvalue weighted by molar-refractivity contribution is -0.870. The predicted octanol–water partition coefficient (Wildman–Crippen LogP) is 25.8. The largest absolute Gasteiger partial charge is 0.472 e. The average Bonchev–Trinajstić information content (AvgIpc) is 2.63. The molecular weight excluding hydrogens is 1150 g/mol. The molecule has 0 spiro atoms. The molecule has 534 valence electrons. The lowest BCUT2D eigenvalue weighted by atomic mass is 10.0. The molecule has 1 amide bonds. The Labute approximate surface area is 572 Å². The van der Waals surface area contributed by atoms with Crippen LogP contribution in [0.15, 0.2) is 109 Å². The van der Waals surface area contributed by atoms with Gasteiger partial charge in [0, 0.05) is 6.42 Å². The number of carbonyl (C=O) groups is 1. The molecule has 0 aliphatic carbocycles. The Kier molecular flexibility index (Phi) is 70.2. The number of unbranched alkanes of at least 4 members (excludes halogenated alkanes) is 43. The number of aliphatic hydroxyl groups is 1. The molecule has 3 atom stereocenters. The van der Waals surface area contributed by atoms with Crippen LogP contribution in [0.25, 0.3) is 0 Å². The van der Waals surface area contributed by atoms with Gasteiger partial charge in [-0.3, -0.25) is 13.8 Å². The van der Waals surface area contributed by atoms with Crippen LogP contribution in [0.1, 0.15) is 361 Å². The maximum absolute atomic E-state index is 13.1. The van der Waals surface area contributed by atoms with Crippen molar-refractivity contribution in [2.24, 2.45) is 0 Å². The Balaban J connectivity index is 4.01. The van der Waals surface area contributed by atoms with Crippen molar-refractivity contribution in [2.75, 3.05) is 40.9 Å². The normalized spacial score (nSPS) is 14.1. The van der Waals surface area contributed by atoms with Crippen LogP contribution in [0.4, 0.5) is 0 Å². The molecule has 8 nitrogen and oxygen atoms in total. The van der Waals surface area contributed by atoms with E-state index in [2.05, 4.69) is 116 Å². The topological polar surface area (TPSA) is 105 Å². The number of likely N-dealkylation sites (N-methyl/N-ethyl adjacent to an activating group) is 1. The van der Waals surface area contributed by atoms with Gasteiger partial charge in [0.1, 0.15) is 13.2 Å². The van der Waals surface area contributed by atoms with Crippen LogP contribution in [0, 0.1) is 0 Å². The molecule has 0 aliphatic rings. The molecule has 0 saturated carbocycles. The van der Waals surface area contributed by atoms with Crippen LogP contribution in [-0.2, 0) is 18.4 Å². The van der Waals surface area contributed by atoms with E-state index in [9.17, 15) is 19.4 Å². The summed E-state index contributed by atoms with van der Waals surface area (Å²) in [6.45, 7) is 4.71. The Bertz CT molecular complexity index is 1870. The molecule has 0 aliphatic heterocycles. The SMILES string of the molecule is CC/C=C\C/C=C\C/C=C\C/C=C\C/C=C\C/C=C\CCCCCCCCCCCCCCCCCCCCCCCCC(=O)NC(COP(=O)(O)OCC[N+](C)(C)C)C(O)/C=C/CC/C=C/CC/C=C/CCCCCCCCCCCCCCCCCCCCC. The van der Waals surface area contributed by atoms with Crippen LogP contribution < -0.4 is 5.32 Å². The van der Waals surface area contributed by atoms with Crippen molar-refractivity contribution in [1.29, 1.82) is 0 Å². The summed E-state index contributed by atoms with van der Waals surface area (Å²) in [5, 5.41) is 14.0. The smallest absolute Gasteiger partial charge is 0.387 e. The highest BCUT2D eigenvalue weighted by Gasteiger charge is 2.28. The number of rotatable bonds is 72. The summed E-state index contributed by atoms with van der Waals surface area (Å²) in [7, 11) is 1.55. The van der Waals surface area contributed by atoms with E-state index in [4.69, 9.17) is 9.05 Å². The lowest BCUT2D eigenvalue weighted by Gasteiger charge is -2.25. The number of allylic oxidation sites excluding steroid dienone is 17. The van der Waals surface area contributed by atoms with E-state index in [0.29, 0.717) is 17.4 Å². The summed E-state index contributed by atoms with van der Waals surface area (Å²) in [6.07, 6.45) is 107. The van der Waals surface area contributed by atoms with Gasteiger partial charge in [0.15, 0.2) is 0 Å². The molecule has 0 bridgehead atoms. The zero-order valence-corrected chi connectivity index (χ0v) is 62.2. The summed E-state index contributed by atoms with van der Waals surface area (Å²) < 4.78 is 23.8. The van der Waals surface area contributed by atoms with Gasteiger partial charge >= 0.3 is 7.82 Å². The molecule has 92 heavy (non-hydrogen) atoms. The van der Waals surface area contributed by atoms with Crippen molar-refractivity contribution in [2.45, 2.75) is 373 Å². The molecule has 0 aromatic carbocycles. The third kappa shape index (κ3) is 74.6. The van der Waals surface area contributed by atoms with Gasteiger partial charge in [-0.15, -0.1) is 0 Å². The highest BCUT2D eigenvalue weighted by Crippen LogP contribution is 2.43. The molecule has 0 heterocycles. The van der Waals surface area contributed by atoms with Gasteiger partial charge in [-0.25, -0.2) is 4.57 Å². The summed E-state index contributed by atoms with van der Waals surface area (Å²) >= 11 is 0. The first-order valence-electron chi connectivity index (χ1n) is 39.3. The lowest BCUT2D eigenvalue weighted by Crippen LogP contribution is -2.45. The van der Waals surface area contributed by atoms with Gasteiger partial charge < -0.3 is 19.8 Å². The number of hydrogen-bond donors (Lipinski definition) is 3. The third-order valence-corrected chi connectivity index (χ3v) is 18.4. The van der Waals surface area contributed by atoms with E-state index < -0.39 is 20.0 Å². The van der Waals surface area contributed by atoms with E-state index in [-0.39, 0.29) is 19.1 Å². The van der Waals surface area contributed by atoms with Crippen LogP contribution in [0.2, 0.25) is 0 Å². The maximum Gasteiger partial charge on any atom is 0.472 e. The number of phosphoric ester groups is 1. The standard InChI is InChI=1S/C83H151N2O6P/c1-6-8-10-12-14-16-18-20-22-24-26-28-30-32-34-36-37-38-39-40-41-42-43-44-45-46-47-49-51-53-55-57-59-61-63-65-67-69-71-73-75-77-83(87)84-81(80-91-92(88,89)90-79-78-85(3,4)5)82(86)76-74-72-70-68-66-64-62-60-58-56-54-52-50-48-35-33-31-29-27-25-23-21-19-17-15-13-11-9-7-2/h8,10,14,16,20,22,26,28,32,34,37-38,58,60,66,68,74,76,81-82,86H,6-7,9,11-13,15,17-19,21,23-25,27,29-31,33,35-36,39-57,59,61-65,67,69-73,75,77-80H2,1-5H3,(H-,84,87,88,89)/p+1/b10-8-,16-14-,22-20-,28-26-,34-32-,38-37-,60-58+,68-66+,76-74+. The van der Waals surface area contributed by atoms with Crippen molar-refractivity contribution in [3.63, 3.8) is 0 Å². The molecule has 3 unspecified atom stereocenters. The molecule has 9 heteroatoms. The first-order chi connectivity index (χ1) is 45.0. The number of nitrogens with one attached hydrogen (secondary N) is 1. The van der Waals surface area contributed by atoms with Crippen molar-refractivity contribution in [3.05, 3.63) is 109 Å². The van der Waals surface area contributed by atoms with Gasteiger partial charge in [-0.1, -0.05) is 367 Å². The van der Waals surface area contributed by atoms with Crippen molar-refractivity contribution >= 4 is 13.7 Å². The van der Waals surface area contributed by atoms with Gasteiger partial charge in [0.05, 0.1) is 39.9 Å². The second-order valence-corrected chi connectivity index (χ2v) is 29.1. The van der Waals surface area contributed by atoms with E-state index in [1.54, 1.807) is 6.08 Å². The molecular formula is C83H152N2O6P+. The van der Waals surface area contributed by atoms with Crippen LogP contribution >= 0.6 is 7.82 Å². The highest BCUT2D eigenvalue weighted by molar-refractivity contribution is 7.47. The molecule has 3 N–H and O–H groups in total. The minimum absolute atomic E-state index is 0.0518. The summed E-state index contributed by atoms with van der Waals surface area (Å²) in [5.41, 5.74) is 0. The summed E-state index contributed by atoms with van der Waals surface area (Å²) in [4.78, 5) is 23.5. The number of amides is 1. The minimum Gasteiger partial charge on any atom is -0.387 e. The maximum atomic E-state index is 13.1.